The minimum Gasteiger partial charge on any atom is -0.346 e. The van der Waals surface area contributed by atoms with Gasteiger partial charge in [0, 0.05) is 32.7 Å². The average molecular weight is 329 g/mol. The van der Waals surface area contributed by atoms with E-state index >= 15 is 0 Å². The highest BCUT2D eigenvalue weighted by atomic mass is 19.4. The monoisotopic (exact) mass is 329 g/mol. The number of nitrogens with zero attached hydrogens (tertiary/aromatic N) is 2. The highest BCUT2D eigenvalue weighted by molar-refractivity contribution is 5.78. The van der Waals surface area contributed by atoms with Crippen LogP contribution in [0.2, 0.25) is 0 Å². The smallest absolute Gasteiger partial charge is 0.346 e. The SMILES string of the molecule is Cc1cccc(CN2CCN(CC(=O)NCC(F)(F)F)CC2)c1. The zero-order valence-electron chi connectivity index (χ0n) is 13.2. The number of rotatable bonds is 5. The summed E-state index contributed by atoms with van der Waals surface area (Å²) in [6, 6.07) is 8.33. The molecule has 1 heterocycles. The van der Waals surface area contributed by atoms with Crippen molar-refractivity contribution in [2.75, 3.05) is 39.3 Å². The van der Waals surface area contributed by atoms with Crippen LogP contribution in [0.3, 0.4) is 0 Å². The summed E-state index contributed by atoms with van der Waals surface area (Å²) in [4.78, 5) is 15.7. The van der Waals surface area contributed by atoms with Gasteiger partial charge in [-0.1, -0.05) is 29.8 Å². The molecule has 0 bridgehead atoms. The summed E-state index contributed by atoms with van der Waals surface area (Å²) in [6.07, 6.45) is -4.36. The van der Waals surface area contributed by atoms with Crippen LogP contribution in [-0.2, 0) is 11.3 Å². The number of aryl methyl sites for hydroxylation is 1. The summed E-state index contributed by atoms with van der Waals surface area (Å²) in [5.41, 5.74) is 2.48. The highest BCUT2D eigenvalue weighted by Crippen LogP contribution is 2.12. The number of alkyl halides is 3. The van der Waals surface area contributed by atoms with Crippen molar-refractivity contribution in [3.8, 4) is 0 Å². The first-order valence-electron chi connectivity index (χ1n) is 7.65. The van der Waals surface area contributed by atoms with E-state index in [1.165, 1.54) is 11.1 Å². The molecule has 4 nitrogen and oxygen atoms in total. The van der Waals surface area contributed by atoms with E-state index in [0.717, 1.165) is 19.6 Å². The van der Waals surface area contributed by atoms with Gasteiger partial charge in [-0.2, -0.15) is 13.2 Å². The Labute approximate surface area is 134 Å². The van der Waals surface area contributed by atoms with Crippen LogP contribution in [0.25, 0.3) is 0 Å². The fourth-order valence-electron chi connectivity index (χ4n) is 2.63. The van der Waals surface area contributed by atoms with Crippen molar-refractivity contribution in [1.82, 2.24) is 15.1 Å². The van der Waals surface area contributed by atoms with E-state index in [-0.39, 0.29) is 6.54 Å². The zero-order chi connectivity index (χ0) is 16.9. The molecule has 1 amide bonds. The molecule has 0 radical (unpaired) electrons. The zero-order valence-corrected chi connectivity index (χ0v) is 13.2. The predicted molar refractivity (Wildman–Crippen MR) is 82.0 cm³/mol. The number of hydrogen-bond acceptors (Lipinski definition) is 3. The largest absolute Gasteiger partial charge is 0.405 e. The van der Waals surface area contributed by atoms with E-state index in [9.17, 15) is 18.0 Å². The Bertz CT molecular complexity index is 526. The molecular formula is C16H22F3N3O. The van der Waals surface area contributed by atoms with Gasteiger partial charge in [0.2, 0.25) is 5.91 Å². The summed E-state index contributed by atoms with van der Waals surface area (Å²) in [6.45, 7) is 4.65. The molecule has 2 rings (SSSR count). The molecule has 1 fully saturated rings. The first kappa shape index (κ1) is 17.7. The van der Waals surface area contributed by atoms with Crippen molar-refractivity contribution in [3.63, 3.8) is 0 Å². The van der Waals surface area contributed by atoms with Gasteiger partial charge in [0.25, 0.3) is 0 Å². The molecule has 7 heteroatoms. The molecular weight excluding hydrogens is 307 g/mol. The Morgan fingerprint density at radius 2 is 1.83 bits per heavy atom. The van der Waals surface area contributed by atoms with Crippen LogP contribution < -0.4 is 5.32 Å². The molecule has 0 atom stereocenters. The molecule has 0 aliphatic carbocycles. The second kappa shape index (κ2) is 7.79. The number of carbonyl (C=O) groups is 1. The van der Waals surface area contributed by atoms with Gasteiger partial charge in [0.05, 0.1) is 6.54 Å². The van der Waals surface area contributed by atoms with Gasteiger partial charge >= 0.3 is 6.18 Å². The minimum absolute atomic E-state index is 0.0222. The third-order valence-corrected chi connectivity index (χ3v) is 3.81. The van der Waals surface area contributed by atoms with Gasteiger partial charge in [-0.05, 0) is 12.5 Å². The standard InChI is InChI=1S/C16H22F3N3O/c1-13-3-2-4-14(9-13)10-21-5-7-22(8-6-21)11-15(23)20-12-16(17,18)19/h2-4,9H,5-8,10-12H2,1H3,(H,20,23). The van der Waals surface area contributed by atoms with E-state index in [2.05, 4.69) is 30.0 Å². The van der Waals surface area contributed by atoms with E-state index in [4.69, 9.17) is 0 Å². The van der Waals surface area contributed by atoms with E-state index in [1.807, 2.05) is 16.3 Å². The lowest BCUT2D eigenvalue weighted by molar-refractivity contribution is -0.139. The Morgan fingerprint density at radius 1 is 1.17 bits per heavy atom. The van der Waals surface area contributed by atoms with Crippen molar-refractivity contribution < 1.29 is 18.0 Å². The average Bonchev–Trinajstić information content (AvgIpc) is 2.47. The van der Waals surface area contributed by atoms with Crippen molar-refractivity contribution in [2.45, 2.75) is 19.6 Å². The molecule has 1 aromatic rings. The summed E-state index contributed by atoms with van der Waals surface area (Å²) in [5, 5.41) is 1.91. The minimum atomic E-state index is -4.36. The van der Waals surface area contributed by atoms with Crippen LogP contribution in [0.1, 0.15) is 11.1 Å². The van der Waals surface area contributed by atoms with Crippen molar-refractivity contribution in [3.05, 3.63) is 35.4 Å². The highest BCUT2D eigenvalue weighted by Gasteiger charge is 2.28. The third-order valence-electron chi connectivity index (χ3n) is 3.81. The maximum atomic E-state index is 12.0. The Morgan fingerprint density at radius 3 is 2.43 bits per heavy atom. The molecule has 0 aromatic heterocycles. The lowest BCUT2D eigenvalue weighted by atomic mass is 10.1. The number of nitrogens with one attached hydrogen (secondary N) is 1. The van der Waals surface area contributed by atoms with Crippen LogP contribution in [0, 0.1) is 6.92 Å². The second-order valence-corrected chi connectivity index (χ2v) is 5.93. The number of benzene rings is 1. The number of amides is 1. The maximum absolute atomic E-state index is 12.0. The normalized spacial score (nSPS) is 17.2. The molecule has 0 spiro atoms. The van der Waals surface area contributed by atoms with Gasteiger partial charge in [0.15, 0.2) is 0 Å². The Balaban J connectivity index is 1.70. The number of hydrogen-bond donors (Lipinski definition) is 1. The summed E-state index contributed by atoms with van der Waals surface area (Å²) in [7, 11) is 0. The van der Waals surface area contributed by atoms with Crippen molar-refractivity contribution in [2.24, 2.45) is 0 Å². The van der Waals surface area contributed by atoms with Crippen molar-refractivity contribution in [1.29, 1.82) is 0 Å². The van der Waals surface area contributed by atoms with Gasteiger partial charge in [0.1, 0.15) is 6.54 Å². The topological polar surface area (TPSA) is 35.6 Å². The summed E-state index contributed by atoms with van der Waals surface area (Å²) >= 11 is 0. The molecule has 128 valence electrons. The summed E-state index contributed by atoms with van der Waals surface area (Å²) < 4.78 is 36.1. The first-order chi connectivity index (χ1) is 10.8. The van der Waals surface area contributed by atoms with Crippen LogP contribution in [-0.4, -0.2) is 61.2 Å². The van der Waals surface area contributed by atoms with Crippen LogP contribution in [0.4, 0.5) is 13.2 Å². The third kappa shape index (κ3) is 6.58. The molecule has 1 aliphatic heterocycles. The second-order valence-electron chi connectivity index (χ2n) is 5.93. The number of piperazine rings is 1. The van der Waals surface area contributed by atoms with E-state index in [0.29, 0.717) is 13.1 Å². The van der Waals surface area contributed by atoms with E-state index in [1.54, 1.807) is 0 Å². The number of carbonyl (C=O) groups excluding carboxylic acids is 1. The fraction of sp³-hybridized carbons (Fsp3) is 0.562. The maximum Gasteiger partial charge on any atom is 0.405 e. The van der Waals surface area contributed by atoms with Crippen molar-refractivity contribution >= 4 is 5.91 Å². The molecule has 1 aromatic carbocycles. The molecule has 23 heavy (non-hydrogen) atoms. The molecule has 1 aliphatic rings. The fourth-order valence-corrected chi connectivity index (χ4v) is 2.63. The first-order valence-corrected chi connectivity index (χ1v) is 7.65. The molecule has 0 unspecified atom stereocenters. The lowest BCUT2D eigenvalue weighted by Crippen LogP contribution is -2.49. The molecule has 1 saturated heterocycles. The van der Waals surface area contributed by atoms with Crippen LogP contribution in [0.5, 0.6) is 0 Å². The van der Waals surface area contributed by atoms with Crippen LogP contribution in [0.15, 0.2) is 24.3 Å². The van der Waals surface area contributed by atoms with Gasteiger partial charge in [-0.3, -0.25) is 14.6 Å². The Kier molecular flexibility index (Phi) is 6.01. The number of halogens is 3. The molecule has 0 saturated carbocycles. The van der Waals surface area contributed by atoms with Gasteiger partial charge in [-0.25, -0.2) is 0 Å². The lowest BCUT2D eigenvalue weighted by Gasteiger charge is -2.34. The summed E-state index contributed by atoms with van der Waals surface area (Å²) in [5.74, 6) is -0.575. The Hall–Kier alpha value is -1.60. The van der Waals surface area contributed by atoms with Crippen LogP contribution >= 0.6 is 0 Å². The van der Waals surface area contributed by atoms with E-state index < -0.39 is 18.6 Å². The molecule has 1 N–H and O–H groups in total. The predicted octanol–water partition coefficient (Wildman–Crippen LogP) is 1.79. The van der Waals surface area contributed by atoms with Gasteiger partial charge < -0.3 is 5.32 Å². The quantitative estimate of drug-likeness (QED) is 0.895. The van der Waals surface area contributed by atoms with Gasteiger partial charge in [-0.15, -0.1) is 0 Å².